The Hall–Kier alpha value is -3.68. The lowest BCUT2D eigenvalue weighted by molar-refractivity contribution is -0.115. The second-order valence-electron chi connectivity index (χ2n) is 6.42. The van der Waals surface area contributed by atoms with Gasteiger partial charge in [0.15, 0.2) is 5.96 Å². The van der Waals surface area contributed by atoms with Gasteiger partial charge in [-0.25, -0.2) is 9.37 Å². The summed E-state index contributed by atoms with van der Waals surface area (Å²) in [5.41, 5.74) is 2.54. The average molecular weight is 394 g/mol. The van der Waals surface area contributed by atoms with Crippen LogP contribution in [0.2, 0.25) is 0 Å². The summed E-state index contributed by atoms with van der Waals surface area (Å²) in [7, 11) is 3.51. The molecule has 0 aliphatic rings. The SMILES string of the molecule is CN=C(NCC(=O)Nc1ccc(F)cc1)N(C)Cc1ncc(-c2ccccc2)[nH]1. The van der Waals surface area contributed by atoms with Crippen LogP contribution in [0.1, 0.15) is 5.82 Å². The molecule has 3 N–H and O–H groups in total. The molecule has 0 bridgehead atoms. The number of rotatable bonds is 6. The summed E-state index contributed by atoms with van der Waals surface area (Å²) in [5.74, 6) is 0.731. The monoisotopic (exact) mass is 394 g/mol. The summed E-state index contributed by atoms with van der Waals surface area (Å²) in [5, 5.41) is 5.71. The Morgan fingerprint density at radius 2 is 1.90 bits per heavy atom. The number of aliphatic imine (C=N–C) groups is 1. The maximum atomic E-state index is 12.9. The lowest BCUT2D eigenvalue weighted by Gasteiger charge is -2.20. The molecule has 1 heterocycles. The number of hydrogen-bond donors (Lipinski definition) is 3. The van der Waals surface area contributed by atoms with Crippen molar-refractivity contribution >= 4 is 17.6 Å². The van der Waals surface area contributed by atoms with E-state index in [9.17, 15) is 9.18 Å². The zero-order valence-corrected chi connectivity index (χ0v) is 16.3. The molecule has 7 nitrogen and oxygen atoms in total. The number of H-pyrrole nitrogens is 1. The Morgan fingerprint density at radius 3 is 2.59 bits per heavy atom. The van der Waals surface area contributed by atoms with Crippen molar-refractivity contribution in [3.05, 3.63) is 72.4 Å². The van der Waals surface area contributed by atoms with E-state index in [1.165, 1.54) is 24.3 Å². The number of anilines is 1. The van der Waals surface area contributed by atoms with Crippen LogP contribution in [0, 0.1) is 5.82 Å². The van der Waals surface area contributed by atoms with E-state index >= 15 is 0 Å². The summed E-state index contributed by atoms with van der Waals surface area (Å²) in [4.78, 5) is 25.9. The van der Waals surface area contributed by atoms with Crippen molar-refractivity contribution in [1.29, 1.82) is 0 Å². The van der Waals surface area contributed by atoms with Gasteiger partial charge in [-0.05, 0) is 29.8 Å². The Labute approximate surface area is 168 Å². The molecule has 0 radical (unpaired) electrons. The maximum Gasteiger partial charge on any atom is 0.243 e. The van der Waals surface area contributed by atoms with E-state index in [-0.39, 0.29) is 18.3 Å². The van der Waals surface area contributed by atoms with Gasteiger partial charge < -0.3 is 20.5 Å². The zero-order valence-electron chi connectivity index (χ0n) is 16.3. The number of halogens is 1. The number of nitrogens with zero attached hydrogens (tertiary/aromatic N) is 3. The number of hydrogen-bond acceptors (Lipinski definition) is 3. The van der Waals surface area contributed by atoms with E-state index in [2.05, 4.69) is 25.6 Å². The minimum atomic E-state index is -0.350. The fraction of sp³-hybridized carbons (Fsp3) is 0.190. The topological polar surface area (TPSA) is 85.4 Å². The Kier molecular flexibility index (Phi) is 6.57. The molecule has 0 spiro atoms. The molecule has 8 heteroatoms. The number of nitrogens with one attached hydrogen (secondary N) is 3. The highest BCUT2D eigenvalue weighted by atomic mass is 19.1. The quantitative estimate of drug-likeness (QED) is 0.443. The van der Waals surface area contributed by atoms with Gasteiger partial charge in [0.05, 0.1) is 25.0 Å². The van der Waals surface area contributed by atoms with Gasteiger partial charge in [-0.15, -0.1) is 0 Å². The lowest BCUT2D eigenvalue weighted by atomic mass is 10.2. The summed E-state index contributed by atoms with van der Waals surface area (Å²) >= 11 is 0. The predicted molar refractivity (Wildman–Crippen MR) is 112 cm³/mol. The van der Waals surface area contributed by atoms with Crippen LogP contribution < -0.4 is 10.6 Å². The minimum absolute atomic E-state index is 0.0296. The van der Waals surface area contributed by atoms with Gasteiger partial charge >= 0.3 is 0 Å². The van der Waals surface area contributed by atoms with Crippen LogP contribution >= 0.6 is 0 Å². The van der Waals surface area contributed by atoms with Crippen LogP contribution in [0.25, 0.3) is 11.3 Å². The second-order valence-corrected chi connectivity index (χ2v) is 6.42. The van der Waals surface area contributed by atoms with Crippen molar-refractivity contribution in [1.82, 2.24) is 20.2 Å². The van der Waals surface area contributed by atoms with Crippen LogP contribution in [-0.4, -0.2) is 47.4 Å². The number of benzene rings is 2. The Balaban J connectivity index is 1.52. The highest BCUT2D eigenvalue weighted by molar-refractivity contribution is 5.94. The number of imidazole rings is 1. The van der Waals surface area contributed by atoms with E-state index < -0.39 is 0 Å². The van der Waals surface area contributed by atoms with Crippen molar-refractivity contribution in [3.63, 3.8) is 0 Å². The standard InChI is InChI=1S/C21H23FN6O/c1-23-21(25-13-20(29)26-17-10-8-16(22)9-11-17)28(2)14-19-24-12-18(27-19)15-6-4-3-5-7-15/h3-12H,13-14H2,1-2H3,(H,23,25)(H,24,27)(H,26,29). The van der Waals surface area contributed by atoms with Crippen LogP contribution in [0.3, 0.4) is 0 Å². The molecule has 29 heavy (non-hydrogen) atoms. The molecule has 150 valence electrons. The number of amides is 1. The van der Waals surface area contributed by atoms with E-state index in [4.69, 9.17) is 0 Å². The summed E-state index contributed by atoms with van der Waals surface area (Å²) < 4.78 is 12.9. The number of aromatic amines is 1. The molecular formula is C21H23FN6O. The maximum absolute atomic E-state index is 12.9. The normalized spacial score (nSPS) is 11.2. The molecule has 1 aromatic heterocycles. The fourth-order valence-electron chi connectivity index (χ4n) is 2.79. The van der Waals surface area contributed by atoms with Crippen molar-refractivity contribution in [3.8, 4) is 11.3 Å². The smallest absolute Gasteiger partial charge is 0.243 e. The molecule has 0 aliphatic carbocycles. The first-order chi connectivity index (χ1) is 14.0. The van der Waals surface area contributed by atoms with Gasteiger partial charge in [0, 0.05) is 19.8 Å². The van der Waals surface area contributed by atoms with Crippen LogP contribution in [0.5, 0.6) is 0 Å². The van der Waals surface area contributed by atoms with Gasteiger partial charge in [0.1, 0.15) is 11.6 Å². The van der Waals surface area contributed by atoms with Crippen LogP contribution in [0.4, 0.5) is 10.1 Å². The fourth-order valence-corrected chi connectivity index (χ4v) is 2.79. The van der Waals surface area contributed by atoms with Crippen LogP contribution in [-0.2, 0) is 11.3 Å². The zero-order chi connectivity index (χ0) is 20.6. The van der Waals surface area contributed by atoms with Gasteiger partial charge in [-0.1, -0.05) is 30.3 Å². The minimum Gasteiger partial charge on any atom is -0.347 e. The van der Waals surface area contributed by atoms with Gasteiger partial charge in [-0.3, -0.25) is 9.79 Å². The lowest BCUT2D eigenvalue weighted by Crippen LogP contribution is -2.42. The number of carbonyl (C=O) groups is 1. The molecule has 0 atom stereocenters. The molecule has 0 saturated carbocycles. The molecule has 0 unspecified atom stereocenters. The van der Waals surface area contributed by atoms with Gasteiger partial charge in [0.25, 0.3) is 0 Å². The van der Waals surface area contributed by atoms with E-state index in [0.29, 0.717) is 18.2 Å². The van der Waals surface area contributed by atoms with Crippen molar-refractivity contribution in [2.75, 3.05) is 26.0 Å². The molecular weight excluding hydrogens is 371 g/mol. The largest absolute Gasteiger partial charge is 0.347 e. The summed E-state index contributed by atoms with van der Waals surface area (Å²) in [6, 6.07) is 15.6. The molecule has 0 fully saturated rings. The van der Waals surface area contributed by atoms with E-state index in [0.717, 1.165) is 17.1 Å². The van der Waals surface area contributed by atoms with Crippen LogP contribution in [0.15, 0.2) is 65.8 Å². The predicted octanol–water partition coefficient (Wildman–Crippen LogP) is 2.86. The molecule has 1 amide bonds. The number of aromatic nitrogens is 2. The third-order valence-electron chi connectivity index (χ3n) is 4.21. The molecule has 2 aromatic carbocycles. The third kappa shape index (κ3) is 5.65. The van der Waals surface area contributed by atoms with Gasteiger partial charge in [0.2, 0.25) is 5.91 Å². The molecule has 3 rings (SSSR count). The van der Waals surface area contributed by atoms with E-state index in [1.807, 2.05) is 42.3 Å². The number of guanidine groups is 1. The van der Waals surface area contributed by atoms with Crippen molar-refractivity contribution in [2.45, 2.75) is 6.54 Å². The first kappa shape index (κ1) is 20.1. The first-order valence-corrected chi connectivity index (χ1v) is 9.11. The first-order valence-electron chi connectivity index (χ1n) is 9.11. The highest BCUT2D eigenvalue weighted by Crippen LogP contribution is 2.16. The summed E-state index contributed by atoms with van der Waals surface area (Å²) in [6.45, 7) is 0.522. The van der Waals surface area contributed by atoms with E-state index in [1.54, 1.807) is 13.2 Å². The number of carbonyl (C=O) groups excluding carboxylic acids is 1. The Bertz CT molecular complexity index is 968. The van der Waals surface area contributed by atoms with Gasteiger partial charge in [-0.2, -0.15) is 0 Å². The molecule has 3 aromatic rings. The Morgan fingerprint density at radius 1 is 1.17 bits per heavy atom. The summed E-state index contributed by atoms with van der Waals surface area (Å²) in [6.07, 6.45) is 1.80. The molecule has 0 aliphatic heterocycles. The molecule has 0 saturated heterocycles. The van der Waals surface area contributed by atoms with Crippen molar-refractivity contribution < 1.29 is 9.18 Å². The van der Waals surface area contributed by atoms with Crippen molar-refractivity contribution in [2.24, 2.45) is 4.99 Å². The third-order valence-corrected chi connectivity index (χ3v) is 4.21. The average Bonchev–Trinajstić information content (AvgIpc) is 3.19. The highest BCUT2D eigenvalue weighted by Gasteiger charge is 2.11. The second kappa shape index (κ2) is 9.50.